The quantitative estimate of drug-likeness (QED) is 0.278. The first-order valence-electron chi connectivity index (χ1n) is 3.48. The molecule has 0 heterocycles. The SMILES string of the molecule is N[C@H]([C@H](O)[C@H](N)C=O)[C@H](O)CO. The molecular formula is C6H14N2O4. The van der Waals surface area contributed by atoms with Gasteiger partial charge in [0.25, 0.3) is 0 Å². The van der Waals surface area contributed by atoms with E-state index >= 15 is 0 Å². The van der Waals surface area contributed by atoms with Crippen LogP contribution in [0.3, 0.4) is 0 Å². The molecule has 0 saturated heterocycles. The Kier molecular flexibility index (Phi) is 4.95. The Labute approximate surface area is 69.8 Å². The number of nitrogens with two attached hydrogens (primary N) is 2. The molecule has 12 heavy (non-hydrogen) atoms. The molecule has 0 aromatic rings. The third-order valence-corrected chi connectivity index (χ3v) is 1.58. The van der Waals surface area contributed by atoms with Crippen LogP contribution in [0.5, 0.6) is 0 Å². The molecule has 6 nitrogen and oxygen atoms in total. The fourth-order valence-corrected chi connectivity index (χ4v) is 0.686. The summed E-state index contributed by atoms with van der Waals surface area (Å²) < 4.78 is 0. The van der Waals surface area contributed by atoms with E-state index in [4.69, 9.17) is 26.8 Å². The Hall–Kier alpha value is -0.530. The van der Waals surface area contributed by atoms with Gasteiger partial charge in [-0.3, -0.25) is 0 Å². The molecule has 4 atom stereocenters. The van der Waals surface area contributed by atoms with Gasteiger partial charge < -0.3 is 31.6 Å². The topological polar surface area (TPSA) is 130 Å². The van der Waals surface area contributed by atoms with Gasteiger partial charge in [0.2, 0.25) is 0 Å². The third kappa shape index (κ3) is 2.84. The molecule has 0 aliphatic carbocycles. The van der Waals surface area contributed by atoms with Crippen molar-refractivity contribution in [3.63, 3.8) is 0 Å². The minimum atomic E-state index is -1.34. The predicted octanol–water partition coefficient (Wildman–Crippen LogP) is -3.45. The number of carbonyl (C=O) groups is 1. The van der Waals surface area contributed by atoms with E-state index in [0.717, 1.165) is 0 Å². The molecule has 0 rings (SSSR count). The maximum absolute atomic E-state index is 10.1. The molecule has 0 bridgehead atoms. The van der Waals surface area contributed by atoms with Crippen LogP contribution in [-0.4, -0.2) is 52.5 Å². The van der Waals surface area contributed by atoms with E-state index in [2.05, 4.69) is 0 Å². The first kappa shape index (κ1) is 11.5. The van der Waals surface area contributed by atoms with Crippen LogP contribution >= 0.6 is 0 Å². The zero-order chi connectivity index (χ0) is 9.72. The predicted molar refractivity (Wildman–Crippen MR) is 41.1 cm³/mol. The van der Waals surface area contributed by atoms with Crippen LogP contribution in [-0.2, 0) is 4.79 Å². The van der Waals surface area contributed by atoms with Crippen LogP contribution in [0.4, 0.5) is 0 Å². The summed E-state index contributed by atoms with van der Waals surface area (Å²) in [5, 5.41) is 26.5. The lowest BCUT2D eigenvalue weighted by Crippen LogP contribution is -2.54. The molecule has 0 radical (unpaired) electrons. The summed E-state index contributed by atoms with van der Waals surface area (Å²) in [7, 11) is 0. The Balaban J connectivity index is 4.07. The lowest BCUT2D eigenvalue weighted by atomic mass is 10.0. The molecular weight excluding hydrogens is 164 g/mol. The van der Waals surface area contributed by atoms with E-state index < -0.39 is 30.9 Å². The Morgan fingerprint density at radius 1 is 1.33 bits per heavy atom. The van der Waals surface area contributed by atoms with Gasteiger partial charge in [-0.1, -0.05) is 0 Å². The van der Waals surface area contributed by atoms with Crippen molar-refractivity contribution in [1.82, 2.24) is 0 Å². The summed E-state index contributed by atoms with van der Waals surface area (Å²) >= 11 is 0. The first-order chi connectivity index (χ1) is 5.54. The summed E-state index contributed by atoms with van der Waals surface area (Å²) in [5.41, 5.74) is 10.4. The van der Waals surface area contributed by atoms with Gasteiger partial charge in [-0.05, 0) is 0 Å². The number of carbonyl (C=O) groups excluding carboxylic acids is 1. The zero-order valence-electron chi connectivity index (χ0n) is 6.50. The summed E-state index contributed by atoms with van der Waals surface area (Å²) in [6.45, 7) is -0.580. The van der Waals surface area contributed by atoms with Crippen molar-refractivity contribution in [3.05, 3.63) is 0 Å². The average molecular weight is 178 g/mol. The second kappa shape index (κ2) is 5.18. The minimum Gasteiger partial charge on any atom is -0.394 e. The van der Waals surface area contributed by atoms with Crippen molar-refractivity contribution >= 4 is 6.29 Å². The van der Waals surface area contributed by atoms with E-state index in [9.17, 15) is 4.79 Å². The number of aliphatic hydroxyl groups is 3. The largest absolute Gasteiger partial charge is 0.394 e. The van der Waals surface area contributed by atoms with E-state index in [1.807, 2.05) is 0 Å². The van der Waals surface area contributed by atoms with Gasteiger partial charge in [0.05, 0.1) is 30.9 Å². The fourth-order valence-electron chi connectivity index (χ4n) is 0.686. The highest BCUT2D eigenvalue weighted by Crippen LogP contribution is 1.98. The van der Waals surface area contributed by atoms with Crippen molar-refractivity contribution in [2.24, 2.45) is 11.5 Å². The highest BCUT2D eigenvalue weighted by molar-refractivity contribution is 5.58. The molecule has 6 heteroatoms. The number of aliphatic hydroxyl groups excluding tert-OH is 3. The molecule has 0 aliphatic heterocycles. The van der Waals surface area contributed by atoms with Gasteiger partial charge in [0.1, 0.15) is 6.29 Å². The van der Waals surface area contributed by atoms with Crippen molar-refractivity contribution in [2.75, 3.05) is 6.61 Å². The van der Waals surface area contributed by atoms with Gasteiger partial charge in [-0.15, -0.1) is 0 Å². The third-order valence-electron chi connectivity index (χ3n) is 1.58. The van der Waals surface area contributed by atoms with E-state index in [1.165, 1.54) is 0 Å². The van der Waals surface area contributed by atoms with Crippen LogP contribution in [0.2, 0.25) is 0 Å². The minimum absolute atomic E-state index is 0.328. The van der Waals surface area contributed by atoms with Crippen molar-refractivity contribution in [1.29, 1.82) is 0 Å². The normalized spacial score (nSPS) is 21.1. The maximum Gasteiger partial charge on any atom is 0.139 e. The lowest BCUT2D eigenvalue weighted by Gasteiger charge is -2.24. The van der Waals surface area contributed by atoms with Crippen molar-refractivity contribution < 1.29 is 20.1 Å². The number of hydrogen-bond donors (Lipinski definition) is 5. The molecule has 0 aromatic carbocycles. The van der Waals surface area contributed by atoms with E-state index in [1.54, 1.807) is 0 Å². The molecule has 0 amide bonds. The van der Waals surface area contributed by atoms with Gasteiger partial charge >= 0.3 is 0 Å². The number of aldehydes is 1. The smallest absolute Gasteiger partial charge is 0.139 e. The van der Waals surface area contributed by atoms with Crippen LogP contribution in [0.15, 0.2) is 0 Å². The second-order valence-corrected chi connectivity index (χ2v) is 2.53. The Morgan fingerprint density at radius 2 is 1.83 bits per heavy atom. The molecule has 7 N–H and O–H groups in total. The molecule has 0 spiro atoms. The molecule has 72 valence electrons. The van der Waals surface area contributed by atoms with Crippen LogP contribution < -0.4 is 11.5 Å². The molecule has 0 saturated carbocycles. The summed E-state index contributed by atoms with van der Waals surface area (Å²) in [5.74, 6) is 0. The number of hydrogen-bond acceptors (Lipinski definition) is 6. The summed E-state index contributed by atoms with van der Waals surface area (Å²) in [6.07, 6.45) is -2.29. The van der Waals surface area contributed by atoms with E-state index in [0.29, 0.717) is 6.29 Å². The summed E-state index contributed by atoms with van der Waals surface area (Å²) in [6, 6.07) is -2.25. The lowest BCUT2D eigenvalue weighted by molar-refractivity contribution is -0.112. The molecule has 0 aliphatic rings. The molecule has 0 fully saturated rings. The van der Waals surface area contributed by atoms with Gasteiger partial charge in [0, 0.05) is 0 Å². The van der Waals surface area contributed by atoms with Crippen LogP contribution in [0.25, 0.3) is 0 Å². The fraction of sp³-hybridized carbons (Fsp3) is 0.833. The van der Waals surface area contributed by atoms with Crippen molar-refractivity contribution in [3.8, 4) is 0 Å². The van der Waals surface area contributed by atoms with Crippen LogP contribution in [0.1, 0.15) is 0 Å². The Morgan fingerprint density at radius 3 is 2.17 bits per heavy atom. The molecule has 0 unspecified atom stereocenters. The Bertz CT molecular complexity index is 144. The zero-order valence-corrected chi connectivity index (χ0v) is 6.50. The monoisotopic (exact) mass is 178 g/mol. The standard InChI is InChI=1S/C6H14N2O4/c7-3(1-9)6(12)5(8)4(11)2-10/h1,3-6,10-12H,2,7-8H2/t3-,4-,5+,6-/m1/s1. The molecule has 0 aromatic heterocycles. The second-order valence-electron chi connectivity index (χ2n) is 2.53. The van der Waals surface area contributed by atoms with Gasteiger partial charge in [-0.25, -0.2) is 0 Å². The van der Waals surface area contributed by atoms with Crippen LogP contribution in [0, 0.1) is 0 Å². The number of rotatable bonds is 5. The average Bonchev–Trinajstić information content (AvgIpc) is 2.12. The first-order valence-corrected chi connectivity index (χ1v) is 3.48. The van der Waals surface area contributed by atoms with Gasteiger partial charge in [-0.2, -0.15) is 0 Å². The highest BCUT2D eigenvalue weighted by Gasteiger charge is 2.27. The summed E-state index contributed by atoms with van der Waals surface area (Å²) in [4.78, 5) is 10.1. The maximum atomic E-state index is 10.1. The van der Waals surface area contributed by atoms with E-state index in [-0.39, 0.29) is 0 Å². The van der Waals surface area contributed by atoms with Gasteiger partial charge in [0.15, 0.2) is 0 Å². The van der Waals surface area contributed by atoms with Crippen molar-refractivity contribution in [2.45, 2.75) is 24.3 Å². The highest BCUT2D eigenvalue weighted by atomic mass is 16.3.